The number of nitrogen functional groups attached to an aromatic ring is 1. The van der Waals surface area contributed by atoms with Gasteiger partial charge in [-0.25, -0.2) is 0 Å². The van der Waals surface area contributed by atoms with Crippen LogP contribution in [0.1, 0.15) is 35.7 Å². The van der Waals surface area contributed by atoms with Gasteiger partial charge in [0.1, 0.15) is 12.4 Å². The molecule has 0 spiro atoms. The van der Waals surface area contributed by atoms with Crippen molar-refractivity contribution in [2.24, 2.45) is 0 Å². The molecule has 0 saturated heterocycles. The van der Waals surface area contributed by atoms with Gasteiger partial charge in [0.15, 0.2) is 5.78 Å². The second-order valence-electron chi connectivity index (χ2n) is 4.70. The van der Waals surface area contributed by atoms with Gasteiger partial charge < -0.3 is 10.5 Å². The fraction of sp³-hybridized carbons (Fsp3) is 0.235. The lowest BCUT2D eigenvalue weighted by Crippen LogP contribution is -2.04. The summed E-state index contributed by atoms with van der Waals surface area (Å²) in [6.07, 6.45) is 1.32. The second-order valence-corrected chi connectivity index (χ2v) is 4.70. The van der Waals surface area contributed by atoms with Crippen LogP contribution in [-0.4, -0.2) is 5.78 Å². The molecule has 0 amide bonds. The minimum absolute atomic E-state index is 0.0650. The molecule has 0 aliphatic carbocycles. The maximum absolute atomic E-state index is 12.0. The molecule has 20 heavy (non-hydrogen) atoms. The molecule has 104 valence electrons. The zero-order valence-corrected chi connectivity index (χ0v) is 11.6. The molecule has 0 atom stereocenters. The van der Waals surface area contributed by atoms with Crippen LogP contribution in [0, 0.1) is 0 Å². The van der Waals surface area contributed by atoms with E-state index in [1.165, 1.54) is 0 Å². The average molecular weight is 269 g/mol. The summed E-state index contributed by atoms with van der Waals surface area (Å²) < 4.78 is 5.71. The van der Waals surface area contributed by atoms with Crippen molar-refractivity contribution in [2.45, 2.75) is 26.4 Å². The Kier molecular flexibility index (Phi) is 4.77. The Balaban J connectivity index is 2.09. The maximum Gasteiger partial charge on any atom is 0.165 e. The molecule has 0 heterocycles. The molecule has 0 radical (unpaired) electrons. The first-order valence-electron chi connectivity index (χ1n) is 6.80. The molecule has 0 unspecified atom stereocenters. The first kappa shape index (κ1) is 14.1. The molecular formula is C17H19NO2. The summed E-state index contributed by atoms with van der Waals surface area (Å²) in [6, 6.07) is 15.2. The SMILES string of the molecule is CCCC(=O)c1cc(OCc2ccccc2)ccc1N. The van der Waals surface area contributed by atoms with Crippen molar-refractivity contribution in [3.8, 4) is 5.75 Å². The van der Waals surface area contributed by atoms with Gasteiger partial charge in [-0.15, -0.1) is 0 Å². The van der Waals surface area contributed by atoms with Crippen molar-refractivity contribution < 1.29 is 9.53 Å². The van der Waals surface area contributed by atoms with Gasteiger partial charge in [-0.1, -0.05) is 37.3 Å². The van der Waals surface area contributed by atoms with Gasteiger partial charge in [0, 0.05) is 17.7 Å². The van der Waals surface area contributed by atoms with E-state index in [0.717, 1.165) is 12.0 Å². The number of ketones is 1. The number of nitrogens with two attached hydrogens (primary N) is 1. The van der Waals surface area contributed by atoms with E-state index in [0.29, 0.717) is 30.0 Å². The highest BCUT2D eigenvalue weighted by Gasteiger charge is 2.10. The van der Waals surface area contributed by atoms with Crippen LogP contribution in [0.4, 0.5) is 5.69 Å². The van der Waals surface area contributed by atoms with Gasteiger partial charge in [-0.2, -0.15) is 0 Å². The minimum Gasteiger partial charge on any atom is -0.489 e. The summed E-state index contributed by atoms with van der Waals surface area (Å²) >= 11 is 0. The van der Waals surface area contributed by atoms with Gasteiger partial charge >= 0.3 is 0 Å². The summed E-state index contributed by atoms with van der Waals surface area (Å²) in [6.45, 7) is 2.45. The molecule has 2 N–H and O–H groups in total. The van der Waals surface area contributed by atoms with E-state index in [9.17, 15) is 4.79 Å². The summed E-state index contributed by atoms with van der Waals surface area (Å²) in [5, 5.41) is 0. The third-order valence-electron chi connectivity index (χ3n) is 3.05. The van der Waals surface area contributed by atoms with Crippen molar-refractivity contribution >= 4 is 11.5 Å². The molecule has 2 rings (SSSR count). The van der Waals surface area contributed by atoms with Crippen LogP contribution < -0.4 is 10.5 Å². The first-order chi connectivity index (χ1) is 9.70. The molecule has 0 aliphatic heterocycles. The number of Topliss-reactive ketones (excluding diaryl/α,β-unsaturated/α-hetero) is 1. The average Bonchev–Trinajstić information content (AvgIpc) is 2.47. The van der Waals surface area contributed by atoms with Gasteiger partial charge in [0.25, 0.3) is 0 Å². The highest BCUT2D eigenvalue weighted by Crippen LogP contribution is 2.22. The van der Waals surface area contributed by atoms with E-state index in [-0.39, 0.29) is 5.78 Å². The molecule has 0 bridgehead atoms. The molecular weight excluding hydrogens is 250 g/mol. The first-order valence-corrected chi connectivity index (χ1v) is 6.80. The number of benzene rings is 2. The molecule has 0 aliphatic rings. The van der Waals surface area contributed by atoms with E-state index in [4.69, 9.17) is 10.5 Å². The molecule has 3 nitrogen and oxygen atoms in total. The van der Waals surface area contributed by atoms with E-state index < -0.39 is 0 Å². The van der Waals surface area contributed by atoms with Crippen molar-refractivity contribution in [1.29, 1.82) is 0 Å². The smallest absolute Gasteiger partial charge is 0.165 e. The van der Waals surface area contributed by atoms with Crippen LogP contribution in [-0.2, 0) is 6.61 Å². The van der Waals surface area contributed by atoms with Crippen molar-refractivity contribution in [3.63, 3.8) is 0 Å². The Morgan fingerprint density at radius 1 is 1.15 bits per heavy atom. The summed E-state index contributed by atoms with van der Waals surface area (Å²) in [4.78, 5) is 12.0. The number of hydrogen-bond donors (Lipinski definition) is 1. The fourth-order valence-corrected chi connectivity index (χ4v) is 1.97. The lowest BCUT2D eigenvalue weighted by atomic mass is 10.0. The van der Waals surface area contributed by atoms with E-state index >= 15 is 0 Å². The Labute approximate surface area is 119 Å². The molecule has 2 aromatic rings. The third-order valence-corrected chi connectivity index (χ3v) is 3.05. The molecule has 0 fully saturated rings. The lowest BCUT2D eigenvalue weighted by Gasteiger charge is -2.09. The Morgan fingerprint density at radius 3 is 2.60 bits per heavy atom. The van der Waals surface area contributed by atoms with E-state index in [1.54, 1.807) is 18.2 Å². The number of hydrogen-bond acceptors (Lipinski definition) is 3. The predicted molar refractivity (Wildman–Crippen MR) is 80.9 cm³/mol. The largest absolute Gasteiger partial charge is 0.489 e. The van der Waals surface area contributed by atoms with Gasteiger partial charge in [-0.3, -0.25) is 4.79 Å². The highest BCUT2D eigenvalue weighted by molar-refractivity contribution is 6.01. The van der Waals surface area contributed by atoms with Crippen molar-refractivity contribution in [3.05, 3.63) is 59.7 Å². The minimum atomic E-state index is 0.0650. The molecule has 3 heteroatoms. The van der Waals surface area contributed by atoms with Gasteiger partial charge in [-0.05, 0) is 30.2 Å². The Bertz CT molecular complexity index is 579. The topological polar surface area (TPSA) is 52.3 Å². The second kappa shape index (κ2) is 6.75. The number of rotatable bonds is 6. The predicted octanol–water partition coefficient (Wildman–Crippen LogP) is 3.83. The molecule has 2 aromatic carbocycles. The number of carbonyl (C=O) groups excluding carboxylic acids is 1. The third kappa shape index (κ3) is 3.60. The van der Waals surface area contributed by atoms with Crippen LogP contribution in [0.25, 0.3) is 0 Å². The van der Waals surface area contributed by atoms with Gasteiger partial charge in [0.2, 0.25) is 0 Å². The van der Waals surface area contributed by atoms with E-state index in [2.05, 4.69) is 0 Å². The summed E-state index contributed by atoms with van der Waals surface area (Å²) in [5.41, 5.74) is 8.00. The van der Waals surface area contributed by atoms with Crippen molar-refractivity contribution in [1.82, 2.24) is 0 Å². The number of anilines is 1. The van der Waals surface area contributed by atoms with Crippen LogP contribution in [0.3, 0.4) is 0 Å². The summed E-state index contributed by atoms with van der Waals surface area (Å²) in [7, 11) is 0. The highest BCUT2D eigenvalue weighted by atomic mass is 16.5. The maximum atomic E-state index is 12.0. The van der Waals surface area contributed by atoms with Crippen LogP contribution in [0.5, 0.6) is 5.75 Å². The lowest BCUT2D eigenvalue weighted by molar-refractivity contribution is 0.0982. The Hall–Kier alpha value is -2.29. The zero-order valence-electron chi connectivity index (χ0n) is 11.6. The van der Waals surface area contributed by atoms with Crippen LogP contribution >= 0.6 is 0 Å². The normalized spacial score (nSPS) is 10.2. The van der Waals surface area contributed by atoms with Crippen LogP contribution in [0.2, 0.25) is 0 Å². The summed E-state index contributed by atoms with van der Waals surface area (Å²) in [5.74, 6) is 0.734. The molecule has 0 aromatic heterocycles. The van der Waals surface area contributed by atoms with E-state index in [1.807, 2.05) is 37.3 Å². The quantitative estimate of drug-likeness (QED) is 0.640. The van der Waals surface area contributed by atoms with Crippen molar-refractivity contribution in [2.75, 3.05) is 5.73 Å². The van der Waals surface area contributed by atoms with Gasteiger partial charge in [0.05, 0.1) is 0 Å². The number of carbonyl (C=O) groups is 1. The zero-order chi connectivity index (χ0) is 14.4. The van der Waals surface area contributed by atoms with Crippen LogP contribution in [0.15, 0.2) is 48.5 Å². The number of ether oxygens (including phenoxy) is 1. The standard InChI is InChI=1S/C17H19NO2/c1-2-6-17(19)15-11-14(9-10-16(15)18)20-12-13-7-4-3-5-8-13/h3-5,7-11H,2,6,12,18H2,1H3. The molecule has 0 saturated carbocycles. The Morgan fingerprint density at radius 2 is 1.90 bits per heavy atom. The monoisotopic (exact) mass is 269 g/mol. The fourth-order valence-electron chi connectivity index (χ4n) is 1.97.